The third kappa shape index (κ3) is 4.90. The molecule has 2 heterocycles. The van der Waals surface area contributed by atoms with E-state index in [9.17, 15) is 13.2 Å². The average Bonchev–Trinajstić information content (AvgIpc) is 3.11. The van der Waals surface area contributed by atoms with Crippen molar-refractivity contribution in [3.8, 4) is 0 Å². The van der Waals surface area contributed by atoms with Gasteiger partial charge in [0.2, 0.25) is 15.9 Å². The number of nitrogens with one attached hydrogen (secondary N) is 1. The van der Waals surface area contributed by atoms with Crippen molar-refractivity contribution in [1.29, 1.82) is 0 Å². The third-order valence-corrected chi connectivity index (χ3v) is 7.08. The average molecular weight is 379 g/mol. The van der Waals surface area contributed by atoms with Crippen LogP contribution in [0.25, 0.3) is 0 Å². The van der Waals surface area contributed by atoms with Crippen LogP contribution in [0.1, 0.15) is 22.4 Å². The Morgan fingerprint density at radius 3 is 2.72 bits per heavy atom. The Morgan fingerprint density at radius 1 is 1.16 bits per heavy atom. The van der Waals surface area contributed by atoms with Gasteiger partial charge in [-0.2, -0.15) is 4.31 Å². The molecule has 0 fully saturated rings. The molecule has 5 nitrogen and oxygen atoms in total. The highest BCUT2D eigenvalue weighted by molar-refractivity contribution is 7.89. The molecule has 0 atom stereocenters. The number of benzene rings is 1. The predicted octanol–water partition coefficient (Wildman–Crippen LogP) is 2.19. The summed E-state index contributed by atoms with van der Waals surface area (Å²) in [4.78, 5) is 12.8. The SMILES string of the molecule is O=C(Cc1cccs1)NCCCS(=O)(=O)N1CCc2ccccc2C1. The van der Waals surface area contributed by atoms with Crippen LogP contribution in [-0.4, -0.2) is 37.5 Å². The lowest BCUT2D eigenvalue weighted by molar-refractivity contribution is -0.120. The summed E-state index contributed by atoms with van der Waals surface area (Å²) in [5, 5.41) is 4.73. The maximum atomic E-state index is 12.5. The Kier molecular flexibility index (Phi) is 5.88. The van der Waals surface area contributed by atoms with Crippen molar-refractivity contribution in [2.75, 3.05) is 18.8 Å². The Bertz CT molecular complexity index is 817. The number of amides is 1. The van der Waals surface area contributed by atoms with Crippen LogP contribution in [-0.2, 0) is 34.2 Å². The normalized spacial score (nSPS) is 14.9. The van der Waals surface area contributed by atoms with E-state index in [1.54, 1.807) is 15.6 Å². The van der Waals surface area contributed by atoms with Gasteiger partial charge in [0.1, 0.15) is 0 Å². The molecule has 2 aromatic rings. The molecule has 0 bridgehead atoms. The van der Waals surface area contributed by atoms with Crippen molar-refractivity contribution < 1.29 is 13.2 Å². The first-order chi connectivity index (χ1) is 12.0. The summed E-state index contributed by atoms with van der Waals surface area (Å²) in [7, 11) is -3.29. The fourth-order valence-electron chi connectivity index (χ4n) is 2.95. The Morgan fingerprint density at radius 2 is 1.96 bits per heavy atom. The van der Waals surface area contributed by atoms with Crippen molar-refractivity contribution in [2.24, 2.45) is 0 Å². The smallest absolute Gasteiger partial charge is 0.225 e. The number of rotatable bonds is 7. The number of hydrogen-bond donors (Lipinski definition) is 1. The van der Waals surface area contributed by atoms with Crippen molar-refractivity contribution in [3.63, 3.8) is 0 Å². The van der Waals surface area contributed by atoms with Crippen LogP contribution in [0.2, 0.25) is 0 Å². The zero-order chi connectivity index (χ0) is 17.7. The first-order valence-electron chi connectivity index (χ1n) is 8.38. The molecule has 1 aliphatic rings. The van der Waals surface area contributed by atoms with Gasteiger partial charge in [0.25, 0.3) is 0 Å². The first kappa shape index (κ1) is 18.1. The molecule has 134 valence electrons. The lowest BCUT2D eigenvalue weighted by Gasteiger charge is -2.28. The molecule has 1 aromatic carbocycles. The van der Waals surface area contributed by atoms with Gasteiger partial charge in [-0.25, -0.2) is 8.42 Å². The number of carbonyl (C=O) groups excluding carboxylic acids is 1. The Balaban J connectivity index is 1.44. The molecule has 0 aliphatic carbocycles. The lowest BCUT2D eigenvalue weighted by Crippen LogP contribution is -2.38. The minimum Gasteiger partial charge on any atom is -0.356 e. The number of nitrogens with zero attached hydrogens (tertiary/aromatic N) is 1. The predicted molar refractivity (Wildman–Crippen MR) is 100.0 cm³/mol. The van der Waals surface area contributed by atoms with Crippen LogP contribution in [0.15, 0.2) is 41.8 Å². The van der Waals surface area contributed by atoms with Gasteiger partial charge in [-0.15, -0.1) is 11.3 Å². The highest BCUT2D eigenvalue weighted by Crippen LogP contribution is 2.21. The second-order valence-electron chi connectivity index (χ2n) is 6.13. The van der Waals surface area contributed by atoms with Crippen molar-refractivity contribution in [1.82, 2.24) is 9.62 Å². The van der Waals surface area contributed by atoms with E-state index < -0.39 is 10.0 Å². The fraction of sp³-hybridized carbons (Fsp3) is 0.389. The van der Waals surface area contributed by atoms with Crippen LogP contribution in [0.3, 0.4) is 0 Å². The maximum absolute atomic E-state index is 12.5. The van der Waals surface area contributed by atoms with Crippen LogP contribution in [0.5, 0.6) is 0 Å². The van der Waals surface area contributed by atoms with Gasteiger partial charge in [-0.1, -0.05) is 30.3 Å². The Labute approximate surface area is 152 Å². The molecule has 1 aromatic heterocycles. The van der Waals surface area contributed by atoms with E-state index in [0.29, 0.717) is 32.5 Å². The molecular weight excluding hydrogens is 356 g/mol. The van der Waals surface area contributed by atoms with Crippen molar-refractivity contribution >= 4 is 27.3 Å². The lowest BCUT2D eigenvalue weighted by atomic mass is 10.0. The molecule has 0 radical (unpaired) electrons. The molecule has 0 saturated carbocycles. The van der Waals surface area contributed by atoms with E-state index in [1.165, 1.54) is 5.56 Å². The number of sulfonamides is 1. The molecule has 0 spiro atoms. The van der Waals surface area contributed by atoms with Gasteiger partial charge in [-0.3, -0.25) is 4.79 Å². The summed E-state index contributed by atoms with van der Waals surface area (Å²) in [5.41, 5.74) is 2.32. The molecule has 25 heavy (non-hydrogen) atoms. The summed E-state index contributed by atoms with van der Waals surface area (Å²) in [5.74, 6) is 0.000741. The molecule has 1 N–H and O–H groups in total. The summed E-state index contributed by atoms with van der Waals surface area (Å²) in [6.07, 6.45) is 1.54. The second-order valence-corrected chi connectivity index (χ2v) is 9.25. The van der Waals surface area contributed by atoms with Crippen molar-refractivity contribution in [3.05, 3.63) is 57.8 Å². The van der Waals surface area contributed by atoms with Crippen LogP contribution < -0.4 is 5.32 Å². The molecule has 7 heteroatoms. The molecule has 0 unspecified atom stereocenters. The standard InChI is InChI=1S/C18H22N2O3S2/c21-18(13-17-7-3-11-24-17)19-9-4-12-25(22,23)20-10-8-15-5-1-2-6-16(15)14-20/h1-3,5-7,11H,4,8-10,12-14H2,(H,19,21). The van der Waals surface area contributed by atoms with E-state index in [2.05, 4.69) is 11.4 Å². The van der Waals surface area contributed by atoms with Crippen LogP contribution >= 0.6 is 11.3 Å². The molecule has 1 amide bonds. The van der Waals surface area contributed by atoms with E-state index in [1.807, 2.05) is 35.7 Å². The van der Waals surface area contributed by atoms with Gasteiger partial charge in [-0.05, 0) is 35.4 Å². The Hall–Kier alpha value is -1.70. The fourth-order valence-corrected chi connectivity index (χ4v) is 5.13. The van der Waals surface area contributed by atoms with Crippen LogP contribution in [0.4, 0.5) is 0 Å². The van der Waals surface area contributed by atoms with E-state index in [0.717, 1.165) is 16.9 Å². The largest absolute Gasteiger partial charge is 0.356 e. The van der Waals surface area contributed by atoms with Gasteiger partial charge in [0, 0.05) is 24.5 Å². The minimum absolute atomic E-state index is 0.0632. The van der Waals surface area contributed by atoms with E-state index in [-0.39, 0.29) is 11.7 Å². The highest BCUT2D eigenvalue weighted by Gasteiger charge is 2.25. The maximum Gasteiger partial charge on any atom is 0.225 e. The molecule has 3 rings (SSSR count). The summed E-state index contributed by atoms with van der Waals surface area (Å²) in [6.45, 7) is 1.36. The first-order valence-corrected chi connectivity index (χ1v) is 10.9. The van der Waals surface area contributed by atoms with E-state index >= 15 is 0 Å². The summed E-state index contributed by atoms with van der Waals surface area (Å²) < 4.78 is 26.6. The quantitative estimate of drug-likeness (QED) is 0.751. The zero-order valence-electron chi connectivity index (χ0n) is 14.0. The minimum atomic E-state index is -3.29. The van der Waals surface area contributed by atoms with Crippen LogP contribution in [0, 0.1) is 0 Å². The van der Waals surface area contributed by atoms with Crippen molar-refractivity contribution in [2.45, 2.75) is 25.8 Å². The van der Waals surface area contributed by atoms with E-state index in [4.69, 9.17) is 0 Å². The number of thiophene rings is 1. The number of fused-ring (bicyclic) bond motifs is 1. The zero-order valence-corrected chi connectivity index (χ0v) is 15.6. The van der Waals surface area contributed by atoms with Gasteiger partial charge >= 0.3 is 0 Å². The number of hydrogen-bond acceptors (Lipinski definition) is 4. The molecule has 1 aliphatic heterocycles. The van der Waals surface area contributed by atoms with Gasteiger partial charge < -0.3 is 5.32 Å². The van der Waals surface area contributed by atoms with Gasteiger partial charge in [0.05, 0.1) is 12.2 Å². The van der Waals surface area contributed by atoms with Gasteiger partial charge in [0.15, 0.2) is 0 Å². The highest BCUT2D eigenvalue weighted by atomic mass is 32.2. The topological polar surface area (TPSA) is 66.5 Å². The molecule has 0 saturated heterocycles. The number of carbonyl (C=O) groups is 1. The molecular formula is C18H22N2O3S2. The third-order valence-electron chi connectivity index (χ3n) is 4.31. The second kappa shape index (κ2) is 8.12. The summed E-state index contributed by atoms with van der Waals surface area (Å²) in [6, 6.07) is 11.8. The summed E-state index contributed by atoms with van der Waals surface area (Å²) >= 11 is 1.54. The monoisotopic (exact) mass is 378 g/mol.